The third kappa shape index (κ3) is 5.84. The molecular weight excluding hydrogens is 571 g/mol. The first-order chi connectivity index (χ1) is 20.6. The Balaban J connectivity index is 1.22. The Labute approximate surface area is 250 Å². The number of benzene rings is 2. The monoisotopic (exact) mass is 604 g/mol. The summed E-state index contributed by atoms with van der Waals surface area (Å²) in [5, 5.41) is 2.89. The number of anilines is 1. The molecule has 1 amide bonds. The largest absolute Gasteiger partial charge is 0.375 e. The Bertz CT molecular complexity index is 1810. The van der Waals surface area contributed by atoms with Crippen molar-refractivity contribution in [3.8, 4) is 11.3 Å². The second kappa shape index (κ2) is 11.6. The van der Waals surface area contributed by atoms with Gasteiger partial charge in [-0.3, -0.25) is 9.78 Å². The highest BCUT2D eigenvalue weighted by atomic mass is 32.2. The molecule has 1 fully saturated rings. The number of hydrogen-bond donors (Lipinski definition) is 1. The molecule has 43 heavy (non-hydrogen) atoms. The van der Waals surface area contributed by atoms with E-state index in [-0.39, 0.29) is 48.2 Å². The van der Waals surface area contributed by atoms with Gasteiger partial charge in [0.1, 0.15) is 0 Å². The van der Waals surface area contributed by atoms with Crippen LogP contribution < -0.4 is 10.2 Å². The molecule has 0 aliphatic carbocycles. The molecular formula is C32H33FN4O5S. The Morgan fingerprint density at radius 1 is 1.07 bits per heavy atom. The summed E-state index contributed by atoms with van der Waals surface area (Å²) in [4.78, 5) is 24.3. The van der Waals surface area contributed by atoms with E-state index in [1.807, 2.05) is 30.9 Å². The number of carbonyl (C=O) groups excluding carboxylic acids is 1. The van der Waals surface area contributed by atoms with Gasteiger partial charge in [-0.25, -0.2) is 17.8 Å². The van der Waals surface area contributed by atoms with E-state index in [1.54, 1.807) is 49.5 Å². The van der Waals surface area contributed by atoms with Crippen LogP contribution in [0.15, 0.2) is 65.7 Å². The van der Waals surface area contributed by atoms with Crippen molar-refractivity contribution < 1.29 is 27.1 Å². The zero-order valence-corrected chi connectivity index (χ0v) is 25.0. The fourth-order valence-corrected chi connectivity index (χ4v) is 7.13. The molecule has 0 bridgehead atoms. The minimum absolute atomic E-state index is 0.000134. The van der Waals surface area contributed by atoms with Crippen molar-refractivity contribution >= 4 is 32.3 Å². The summed E-state index contributed by atoms with van der Waals surface area (Å²) in [5.41, 5.74) is 3.35. The van der Waals surface area contributed by atoms with E-state index in [0.29, 0.717) is 46.8 Å². The van der Waals surface area contributed by atoms with Crippen LogP contribution in [0.1, 0.15) is 42.4 Å². The number of halogens is 1. The van der Waals surface area contributed by atoms with Crippen molar-refractivity contribution in [2.24, 2.45) is 0 Å². The van der Waals surface area contributed by atoms with E-state index in [4.69, 9.17) is 14.5 Å². The van der Waals surface area contributed by atoms with Crippen LogP contribution in [-0.4, -0.2) is 61.4 Å². The number of pyridine rings is 2. The maximum absolute atomic E-state index is 15.8. The summed E-state index contributed by atoms with van der Waals surface area (Å²) in [6.45, 7) is 7.15. The van der Waals surface area contributed by atoms with Crippen LogP contribution in [0.2, 0.25) is 0 Å². The summed E-state index contributed by atoms with van der Waals surface area (Å²) in [7, 11) is -3.61. The van der Waals surface area contributed by atoms with Gasteiger partial charge in [-0.15, -0.1) is 0 Å². The summed E-state index contributed by atoms with van der Waals surface area (Å²) in [6, 6.07) is 15.3. The Kier molecular flexibility index (Phi) is 7.89. The van der Waals surface area contributed by atoms with Gasteiger partial charge in [-0.1, -0.05) is 12.1 Å². The third-order valence-electron chi connectivity index (χ3n) is 7.85. The van der Waals surface area contributed by atoms with E-state index in [0.717, 1.165) is 5.39 Å². The van der Waals surface area contributed by atoms with Gasteiger partial charge >= 0.3 is 0 Å². The van der Waals surface area contributed by atoms with Gasteiger partial charge in [0.2, 0.25) is 0 Å². The summed E-state index contributed by atoms with van der Waals surface area (Å²) < 4.78 is 52.9. The van der Waals surface area contributed by atoms with E-state index in [9.17, 15) is 13.2 Å². The van der Waals surface area contributed by atoms with Crippen molar-refractivity contribution in [2.75, 3.05) is 24.6 Å². The van der Waals surface area contributed by atoms with Gasteiger partial charge in [0, 0.05) is 35.8 Å². The van der Waals surface area contributed by atoms with Crippen LogP contribution >= 0.6 is 0 Å². The Morgan fingerprint density at radius 3 is 2.65 bits per heavy atom. The molecule has 0 radical (unpaired) electrons. The summed E-state index contributed by atoms with van der Waals surface area (Å²) in [5.74, 6) is -0.758. The van der Waals surface area contributed by atoms with Crippen molar-refractivity contribution in [3.63, 3.8) is 0 Å². The highest BCUT2D eigenvalue weighted by Gasteiger charge is 2.30. The number of sulfone groups is 1. The van der Waals surface area contributed by atoms with Crippen LogP contribution in [0.3, 0.4) is 0 Å². The molecule has 9 nitrogen and oxygen atoms in total. The normalized spacial score (nSPS) is 21.7. The predicted molar refractivity (Wildman–Crippen MR) is 161 cm³/mol. The van der Waals surface area contributed by atoms with Crippen molar-refractivity contribution in [1.29, 1.82) is 0 Å². The zero-order valence-electron chi connectivity index (χ0n) is 24.2. The number of fused-ring (bicyclic) bond motifs is 2. The quantitative estimate of drug-likeness (QED) is 0.350. The minimum atomic E-state index is -3.61. The number of nitrogens with zero attached hydrogens (tertiary/aromatic N) is 3. The number of morpholine rings is 1. The molecule has 0 spiro atoms. The third-order valence-corrected chi connectivity index (χ3v) is 10.0. The molecule has 224 valence electrons. The number of carbonyl (C=O) groups is 1. The average Bonchev–Trinajstić information content (AvgIpc) is 3.09. The van der Waals surface area contributed by atoms with Gasteiger partial charge in [-0.05, 0) is 68.8 Å². The Hall–Kier alpha value is -3.93. The standard InChI is InChI=1S/C32H33FN4O5S/c1-19-15-37(16-20(2)42-19)29-6-4-5-26(31(29)33)27-10-9-23-13-34-25(12-28(23)36-27)14-35-32(38)22-7-8-24-18-41-17-21(3)43(39,40)30(24)11-22/h4-13,19-21H,14-18H2,1-3H3,(H,35,38)/t19-,20+,21-/m0/s1. The molecule has 4 aromatic rings. The van der Waals surface area contributed by atoms with E-state index < -0.39 is 21.0 Å². The van der Waals surface area contributed by atoms with Crippen LogP contribution in [-0.2, 0) is 32.5 Å². The highest BCUT2D eigenvalue weighted by molar-refractivity contribution is 7.92. The maximum Gasteiger partial charge on any atom is 0.251 e. The second-order valence-corrected chi connectivity index (χ2v) is 13.6. The van der Waals surface area contributed by atoms with Crippen molar-refractivity contribution in [1.82, 2.24) is 15.3 Å². The highest BCUT2D eigenvalue weighted by Crippen LogP contribution is 2.32. The lowest BCUT2D eigenvalue weighted by Crippen LogP contribution is -2.45. The lowest BCUT2D eigenvalue weighted by atomic mass is 10.1. The molecule has 2 aromatic carbocycles. The van der Waals surface area contributed by atoms with Gasteiger partial charge in [0.25, 0.3) is 5.91 Å². The molecule has 3 atom stereocenters. The topological polar surface area (TPSA) is 111 Å². The Morgan fingerprint density at radius 2 is 1.86 bits per heavy atom. The maximum atomic E-state index is 15.8. The first-order valence-electron chi connectivity index (χ1n) is 14.3. The van der Waals surface area contributed by atoms with Gasteiger partial charge in [-0.2, -0.15) is 0 Å². The first-order valence-corrected chi connectivity index (χ1v) is 15.8. The summed E-state index contributed by atoms with van der Waals surface area (Å²) in [6.07, 6.45) is 1.66. The lowest BCUT2D eigenvalue weighted by molar-refractivity contribution is -0.00539. The number of rotatable bonds is 5. The van der Waals surface area contributed by atoms with Crippen LogP contribution in [0.5, 0.6) is 0 Å². The second-order valence-electron chi connectivity index (χ2n) is 11.2. The van der Waals surface area contributed by atoms with Crippen LogP contribution in [0.4, 0.5) is 10.1 Å². The number of hydrogen-bond acceptors (Lipinski definition) is 8. The average molecular weight is 605 g/mol. The van der Waals surface area contributed by atoms with E-state index in [1.165, 1.54) is 6.07 Å². The molecule has 2 aromatic heterocycles. The molecule has 0 unspecified atom stereocenters. The SMILES string of the molecule is C[C@@H]1CN(c2cccc(-c3ccc4cnc(CNC(=O)c5ccc6c(c5)S(=O)(=O)[C@@H](C)COC6)cc4n3)c2F)C[C@H](C)O1. The lowest BCUT2D eigenvalue weighted by Gasteiger charge is -2.37. The molecule has 6 rings (SSSR count). The van der Waals surface area contributed by atoms with Crippen LogP contribution in [0.25, 0.3) is 22.2 Å². The molecule has 2 aliphatic heterocycles. The summed E-state index contributed by atoms with van der Waals surface area (Å²) >= 11 is 0. The van der Waals surface area contributed by atoms with Gasteiger partial charge < -0.3 is 19.7 Å². The van der Waals surface area contributed by atoms with Crippen molar-refractivity contribution in [3.05, 3.63) is 83.4 Å². The molecule has 1 N–H and O–H groups in total. The molecule has 1 saturated heterocycles. The predicted octanol–water partition coefficient (Wildman–Crippen LogP) is 4.67. The number of nitrogens with one attached hydrogen (secondary N) is 1. The molecule has 2 aliphatic rings. The molecule has 11 heteroatoms. The number of aromatic nitrogens is 2. The number of ether oxygens (including phenoxy) is 2. The number of amides is 1. The first kappa shape index (κ1) is 29.2. The van der Waals surface area contributed by atoms with Gasteiger partial charge in [0.15, 0.2) is 15.7 Å². The fraction of sp³-hybridized carbons (Fsp3) is 0.344. The molecule has 4 heterocycles. The van der Waals surface area contributed by atoms with E-state index >= 15 is 4.39 Å². The van der Waals surface area contributed by atoms with E-state index in [2.05, 4.69) is 10.3 Å². The minimum Gasteiger partial charge on any atom is -0.375 e. The van der Waals surface area contributed by atoms with Crippen LogP contribution in [0, 0.1) is 5.82 Å². The smallest absolute Gasteiger partial charge is 0.251 e. The molecule has 0 saturated carbocycles. The fourth-order valence-electron chi connectivity index (χ4n) is 5.64. The van der Waals surface area contributed by atoms with Gasteiger partial charge in [0.05, 0.1) is 64.7 Å². The zero-order chi connectivity index (χ0) is 30.3. The van der Waals surface area contributed by atoms with Crippen molar-refractivity contribution in [2.45, 2.75) is 56.3 Å².